The molecule has 1 aromatic carbocycles. The summed E-state index contributed by atoms with van der Waals surface area (Å²) in [4.78, 5) is 0.357. The fourth-order valence-corrected chi connectivity index (χ4v) is 4.30. The summed E-state index contributed by atoms with van der Waals surface area (Å²) in [6.07, 6.45) is 2.46. The summed E-state index contributed by atoms with van der Waals surface area (Å²) in [6, 6.07) is 5.14. The Morgan fingerprint density at radius 2 is 2.05 bits per heavy atom. The zero-order valence-electron chi connectivity index (χ0n) is 12.8. The van der Waals surface area contributed by atoms with Crippen molar-refractivity contribution in [3.63, 3.8) is 0 Å². The molecular formula is C15H23BrN2O3S. The van der Waals surface area contributed by atoms with Crippen LogP contribution in [0.25, 0.3) is 0 Å². The van der Waals surface area contributed by atoms with Crippen molar-refractivity contribution in [2.24, 2.45) is 5.73 Å². The molecule has 0 atom stereocenters. The molecule has 0 bridgehead atoms. The van der Waals surface area contributed by atoms with Gasteiger partial charge in [0, 0.05) is 24.2 Å². The minimum Gasteiger partial charge on any atom is -0.378 e. The molecule has 1 aromatic rings. The van der Waals surface area contributed by atoms with Crippen molar-refractivity contribution in [1.29, 1.82) is 0 Å². The zero-order chi connectivity index (χ0) is 16.2. The lowest BCUT2D eigenvalue weighted by Crippen LogP contribution is -2.41. The first-order valence-electron chi connectivity index (χ1n) is 7.53. The predicted molar refractivity (Wildman–Crippen MR) is 90.3 cm³/mol. The Balaban J connectivity index is 1.98. The average Bonchev–Trinajstić information content (AvgIpc) is 2.51. The van der Waals surface area contributed by atoms with Gasteiger partial charge in [0.05, 0.1) is 11.0 Å². The Hall–Kier alpha value is -0.470. The summed E-state index contributed by atoms with van der Waals surface area (Å²) in [5, 5.41) is 0. The number of hydrogen-bond acceptors (Lipinski definition) is 4. The van der Waals surface area contributed by atoms with Gasteiger partial charge in [-0.05, 0) is 56.5 Å². The van der Waals surface area contributed by atoms with E-state index in [1.54, 1.807) is 22.5 Å². The first-order valence-corrected chi connectivity index (χ1v) is 9.76. The lowest BCUT2D eigenvalue weighted by atomic mass is 10.1. The molecule has 0 amide bonds. The van der Waals surface area contributed by atoms with Gasteiger partial charge in [-0.15, -0.1) is 0 Å². The second-order valence-electron chi connectivity index (χ2n) is 5.53. The van der Waals surface area contributed by atoms with E-state index in [0.717, 1.165) is 29.3 Å². The van der Waals surface area contributed by atoms with Crippen molar-refractivity contribution < 1.29 is 13.2 Å². The Labute approximate surface area is 141 Å². The molecule has 7 heteroatoms. The Kier molecular flexibility index (Phi) is 6.40. The molecule has 1 saturated heterocycles. The third kappa shape index (κ3) is 4.29. The maximum absolute atomic E-state index is 12.7. The van der Waals surface area contributed by atoms with E-state index in [2.05, 4.69) is 15.9 Å². The first kappa shape index (κ1) is 17.9. The Morgan fingerprint density at radius 1 is 1.36 bits per heavy atom. The summed E-state index contributed by atoms with van der Waals surface area (Å²) >= 11 is 3.40. The summed E-state index contributed by atoms with van der Waals surface area (Å²) in [5.74, 6) is 0. The molecule has 22 heavy (non-hydrogen) atoms. The quantitative estimate of drug-likeness (QED) is 0.756. The second kappa shape index (κ2) is 7.88. The zero-order valence-corrected chi connectivity index (χ0v) is 15.2. The predicted octanol–water partition coefficient (Wildman–Crippen LogP) is 2.28. The number of hydrogen-bond donors (Lipinski definition) is 1. The third-order valence-electron chi connectivity index (χ3n) is 3.87. The van der Waals surface area contributed by atoms with Gasteiger partial charge < -0.3 is 10.5 Å². The van der Waals surface area contributed by atoms with Gasteiger partial charge in [-0.1, -0.05) is 15.9 Å². The molecule has 0 saturated carbocycles. The van der Waals surface area contributed by atoms with Crippen LogP contribution in [0.3, 0.4) is 0 Å². The monoisotopic (exact) mass is 390 g/mol. The van der Waals surface area contributed by atoms with Crippen molar-refractivity contribution in [3.05, 3.63) is 28.2 Å². The molecule has 0 aliphatic carbocycles. The van der Waals surface area contributed by atoms with Gasteiger partial charge in [-0.3, -0.25) is 0 Å². The smallest absolute Gasteiger partial charge is 0.243 e. The topological polar surface area (TPSA) is 72.6 Å². The standard InChI is InChI=1S/C15H23BrN2O3S/c1-12-11-14(3-4-15(12)16)22(19,20)18-8-5-13(6-9-18)21-10-2-7-17/h3-4,11,13H,2,5-10,17H2,1H3. The molecule has 1 aliphatic heterocycles. The first-order chi connectivity index (χ1) is 10.4. The lowest BCUT2D eigenvalue weighted by molar-refractivity contribution is 0.0209. The highest BCUT2D eigenvalue weighted by atomic mass is 79.9. The van der Waals surface area contributed by atoms with Crippen LogP contribution in [0.1, 0.15) is 24.8 Å². The van der Waals surface area contributed by atoms with Crippen LogP contribution < -0.4 is 5.73 Å². The van der Waals surface area contributed by atoms with Gasteiger partial charge in [0.1, 0.15) is 0 Å². The van der Waals surface area contributed by atoms with Gasteiger partial charge >= 0.3 is 0 Å². The SMILES string of the molecule is Cc1cc(S(=O)(=O)N2CCC(OCCCN)CC2)ccc1Br. The Bertz CT molecular complexity index is 599. The molecule has 2 rings (SSSR count). The number of nitrogens with zero attached hydrogens (tertiary/aromatic N) is 1. The van der Waals surface area contributed by atoms with E-state index in [-0.39, 0.29) is 6.10 Å². The van der Waals surface area contributed by atoms with Crippen LogP contribution in [0.2, 0.25) is 0 Å². The highest BCUT2D eigenvalue weighted by Gasteiger charge is 2.29. The number of rotatable bonds is 6. The number of piperidine rings is 1. The molecule has 2 N–H and O–H groups in total. The van der Waals surface area contributed by atoms with Crippen molar-refractivity contribution in [3.8, 4) is 0 Å². The van der Waals surface area contributed by atoms with Crippen LogP contribution in [0.15, 0.2) is 27.6 Å². The van der Waals surface area contributed by atoms with Crippen LogP contribution in [-0.2, 0) is 14.8 Å². The maximum Gasteiger partial charge on any atom is 0.243 e. The number of benzene rings is 1. The number of nitrogens with two attached hydrogens (primary N) is 1. The molecule has 0 unspecified atom stereocenters. The highest BCUT2D eigenvalue weighted by Crippen LogP contribution is 2.25. The number of halogens is 1. The number of ether oxygens (including phenoxy) is 1. The van der Waals surface area contributed by atoms with Gasteiger partial charge in [-0.2, -0.15) is 4.31 Å². The third-order valence-corrected chi connectivity index (χ3v) is 6.65. The summed E-state index contributed by atoms with van der Waals surface area (Å²) in [6.45, 7) is 4.17. The Morgan fingerprint density at radius 3 is 2.64 bits per heavy atom. The fraction of sp³-hybridized carbons (Fsp3) is 0.600. The number of aryl methyl sites for hydroxylation is 1. The maximum atomic E-state index is 12.7. The van der Waals surface area contributed by atoms with Crippen LogP contribution in [0.4, 0.5) is 0 Å². The molecule has 5 nitrogen and oxygen atoms in total. The lowest BCUT2D eigenvalue weighted by Gasteiger charge is -2.31. The second-order valence-corrected chi connectivity index (χ2v) is 8.32. The van der Waals surface area contributed by atoms with E-state index in [9.17, 15) is 8.42 Å². The van der Waals surface area contributed by atoms with Crippen LogP contribution in [-0.4, -0.2) is 45.1 Å². The van der Waals surface area contributed by atoms with Crippen molar-refractivity contribution in [2.45, 2.75) is 37.2 Å². The minimum absolute atomic E-state index is 0.143. The average molecular weight is 391 g/mol. The van der Waals surface area contributed by atoms with E-state index in [1.165, 1.54) is 0 Å². The summed E-state index contributed by atoms with van der Waals surface area (Å²) in [7, 11) is -3.41. The van der Waals surface area contributed by atoms with Gasteiger partial charge in [0.2, 0.25) is 10.0 Å². The molecule has 124 valence electrons. The molecule has 0 spiro atoms. The largest absolute Gasteiger partial charge is 0.378 e. The van der Waals surface area contributed by atoms with Crippen LogP contribution in [0, 0.1) is 6.92 Å². The van der Waals surface area contributed by atoms with Gasteiger partial charge in [-0.25, -0.2) is 8.42 Å². The van der Waals surface area contributed by atoms with Crippen molar-refractivity contribution >= 4 is 26.0 Å². The normalized spacial score (nSPS) is 17.8. The summed E-state index contributed by atoms with van der Waals surface area (Å²) in [5.41, 5.74) is 6.36. The fourth-order valence-electron chi connectivity index (χ4n) is 2.50. The van der Waals surface area contributed by atoms with Crippen molar-refractivity contribution in [2.75, 3.05) is 26.2 Å². The molecule has 1 heterocycles. The number of sulfonamides is 1. The van der Waals surface area contributed by atoms with E-state index < -0.39 is 10.0 Å². The van der Waals surface area contributed by atoms with Crippen LogP contribution in [0.5, 0.6) is 0 Å². The van der Waals surface area contributed by atoms with E-state index in [4.69, 9.17) is 10.5 Å². The van der Waals surface area contributed by atoms with Crippen molar-refractivity contribution in [1.82, 2.24) is 4.31 Å². The molecule has 0 aromatic heterocycles. The van der Waals surface area contributed by atoms with Gasteiger partial charge in [0.15, 0.2) is 0 Å². The van der Waals surface area contributed by atoms with E-state index in [0.29, 0.717) is 31.1 Å². The molecule has 1 fully saturated rings. The molecule has 0 radical (unpaired) electrons. The van der Waals surface area contributed by atoms with E-state index >= 15 is 0 Å². The highest BCUT2D eigenvalue weighted by molar-refractivity contribution is 9.10. The van der Waals surface area contributed by atoms with Crippen LogP contribution >= 0.6 is 15.9 Å². The van der Waals surface area contributed by atoms with E-state index in [1.807, 2.05) is 6.92 Å². The van der Waals surface area contributed by atoms with Gasteiger partial charge in [0.25, 0.3) is 0 Å². The molecular weight excluding hydrogens is 368 g/mol. The molecule has 1 aliphatic rings. The minimum atomic E-state index is -3.41. The summed E-state index contributed by atoms with van der Waals surface area (Å²) < 4.78 is 33.5.